The van der Waals surface area contributed by atoms with Crippen molar-refractivity contribution >= 4 is 11.8 Å². The van der Waals surface area contributed by atoms with Gasteiger partial charge in [-0.2, -0.15) is 8.78 Å². The van der Waals surface area contributed by atoms with Gasteiger partial charge in [-0.15, -0.1) is 0 Å². The minimum Gasteiger partial charge on any atom is -0.497 e. The number of thioether (sulfide) groups is 1. The van der Waals surface area contributed by atoms with Crippen LogP contribution in [0, 0.1) is 0 Å². The first-order valence-corrected chi connectivity index (χ1v) is 8.40. The van der Waals surface area contributed by atoms with Crippen LogP contribution in [0.2, 0.25) is 0 Å². The highest BCUT2D eigenvalue weighted by atomic mass is 32.2. The van der Waals surface area contributed by atoms with E-state index in [-0.39, 0.29) is 12.6 Å². The highest BCUT2D eigenvalue weighted by Crippen LogP contribution is 2.27. The molecule has 0 fully saturated rings. The molecular weight excluding hydrogens is 332 g/mol. The monoisotopic (exact) mass is 353 g/mol. The predicted molar refractivity (Wildman–Crippen MR) is 92.6 cm³/mol. The molecule has 2 rings (SSSR count). The number of aliphatic hydroxyl groups excluding tert-OH is 1. The molecule has 0 amide bonds. The van der Waals surface area contributed by atoms with Crippen LogP contribution in [0.5, 0.6) is 5.75 Å². The Hall–Kier alpha value is -1.63. The summed E-state index contributed by atoms with van der Waals surface area (Å²) < 4.78 is 29.8. The molecule has 0 saturated heterocycles. The highest BCUT2D eigenvalue weighted by Gasteiger charge is 2.16. The van der Waals surface area contributed by atoms with Gasteiger partial charge in [0.15, 0.2) is 0 Å². The van der Waals surface area contributed by atoms with Gasteiger partial charge < -0.3 is 9.84 Å². The first kappa shape index (κ1) is 18.7. The Bertz CT molecular complexity index is 620. The van der Waals surface area contributed by atoms with Crippen molar-refractivity contribution in [3.05, 3.63) is 59.7 Å². The van der Waals surface area contributed by atoms with E-state index in [1.54, 1.807) is 19.2 Å². The van der Waals surface area contributed by atoms with Crippen LogP contribution in [-0.2, 0) is 6.54 Å². The van der Waals surface area contributed by atoms with Crippen molar-refractivity contribution in [3.8, 4) is 5.75 Å². The van der Waals surface area contributed by atoms with Crippen molar-refractivity contribution in [2.24, 2.45) is 0 Å². The fourth-order valence-electron chi connectivity index (χ4n) is 2.50. The van der Waals surface area contributed by atoms with Crippen LogP contribution in [0.25, 0.3) is 0 Å². The van der Waals surface area contributed by atoms with E-state index in [1.165, 1.54) is 0 Å². The molecule has 0 radical (unpaired) electrons. The number of benzene rings is 2. The van der Waals surface area contributed by atoms with Crippen LogP contribution in [0.1, 0.15) is 17.2 Å². The van der Waals surface area contributed by atoms with Gasteiger partial charge in [-0.3, -0.25) is 4.90 Å². The molecule has 0 aliphatic carbocycles. The Morgan fingerprint density at radius 2 is 1.71 bits per heavy atom. The van der Waals surface area contributed by atoms with Gasteiger partial charge in [0.25, 0.3) is 5.76 Å². The molecule has 0 saturated carbocycles. The molecule has 0 aromatic heterocycles. The van der Waals surface area contributed by atoms with Crippen molar-refractivity contribution in [2.45, 2.75) is 23.2 Å². The lowest BCUT2D eigenvalue weighted by Crippen LogP contribution is -2.26. The SMILES string of the molecule is COc1ccc(C(CO)N(C)Cc2ccc(SC(F)F)cc2)cc1. The molecule has 130 valence electrons. The van der Waals surface area contributed by atoms with Crippen molar-refractivity contribution < 1.29 is 18.6 Å². The van der Waals surface area contributed by atoms with Gasteiger partial charge >= 0.3 is 0 Å². The summed E-state index contributed by atoms with van der Waals surface area (Å²) in [6.45, 7) is 0.596. The average Bonchev–Trinajstić information content (AvgIpc) is 2.57. The number of likely N-dealkylation sites (N-methyl/N-ethyl adjacent to an activating group) is 1. The molecule has 0 heterocycles. The summed E-state index contributed by atoms with van der Waals surface area (Å²) >= 11 is 0.538. The second-order valence-corrected chi connectivity index (χ2v) is 6.47. The number of nitrogens with zero attached hydrogens (tertiary/aromatic N) is 1. The maximum atomic E-state index is 12.3. The number of halogens is 2. The van der Waals surface area contributed by atoms with E-state index < -0.39 is 5.76 Å². The molecule has 24 heavy (non-hydrogen) atoms. The Balaban J connectivity index is 2.04. The largest absolute Gasteiger partial charge is 0.497 e. The zero-order valence-electron chi connectivity index (χ0n) is 13.7. The molecule has 1 unspecified atom stereocenters. The quantitative estimate of drug-likeness (QED) is 0.722. The van der Waals surface area contributed by atoms with Crippen molar-refractivity contribution in [1.82, 2.24) is 4.90 Å². The van der Waals surface area contributed by atoms with Crippen LogP contribution in [-0.4, -0.2) is 36.5 Å². The lowest BCUT2D eigenvalue weighted by Gasteiger charge is -2.27. The van der Waals surface area contributed by atoms with E-state index in [2.05, 4.69) is 0 Å². The van der Waals surface area contributed by atoms with E-state index in [4.69, 9.17) is 4.74 Å². The van der Waals surface area contributed by atoms with Gasteiger partial charge in [-0.1, -0.05) is 36.0 Å². The highest BCUT2D eigenvalue weighted by molar-refractivity contribution is 7.99. The number of ether oxygens (including phenoxy) is 1. The number of aliphatic hydroxyl groups is 1. The Kier molecular flexibility index (Phi) is 7.02. The molecule has 0 aliphatic heterocycles. The Labute approximate surface area is 145 Å². The number of methoxy groups -OCH3 is 1. The molecule has 2 aromatic carbocycles. The molecule has 1 atom stereocenters. The maximum Gasteiger partial charge on any atom is 0.288 e. The fourth-order valence-corrected chi connectivity index (χ4v) is 3.00. The molecule has 3 nitrogen and oxygen atoms in total. The van der Waals surface area contributed by atoms with Gasteiger partial charge in [0.2, 0.25) is 0 Å². The van der Waals surface area contributed by atoms with Crippen LogP contribution in [0.3, 0.4) is 0 Å². The summed E-state index contributed by atoms with van der Waals surface area (Å²) in [7, 11) is 3.54. The molecule has 0 bridgehead atoms. The summed E-state index contributed by atoms with van der Waals surface area (Å²) in [5.41, 5.74) is 1.99. The first-order chi connectivity index (χ1) is 11.5. The van der Waals surface area contributed by atoms with Gasteiger partial charge in [-0.05, 0) is 42.4 Å². The summed E-state index contributed by atoms with van der Waals surface area (Å²) in [5.74, 6) is -1.64. The standard InChI is InChI=1S/C18H21F2NO2S/c1-21(11-13-3-9-16(10-4-13)24-18(19)20)17(12-22)14-5-7-15(23-2)8-6-14/h3-10,17-18,22H,11-12H2,1-2H3. The minimum absolute atomic E-state index is 0.0118. The average molecular weight is 353 g/mol. The van der Waals surface area contributed by atoms with E-state index in [0.717, 1.165) is 16.9 Å². The summed E-state index contributed by atoms with van der Waals surface area (Å²) in [6, 6.07) is 14.5. The lowest BCUT2D eigenvalue weighted by molar-refractivity contribution is 0.142. The zero-order valence-corrected chi connectivity index (χ0v) is 14.5. The third kappa shape index (κ3) is 5.19. The van der Waals surface area contributed by atoms with E-state index in [1.807, 2.05) is 48.3 Å². The molecular formula is C18H21F2NO2S. The van der Waals surface area contributed by atoms with Crippen LogP contribution in [0.4, 0.5) is 8.78 Å². The van der Waals surface area contributed by atoms with Gasteiger partial charge in [0.05, 0.1) is 19.8 Å². The third-order valence-corrected chi connectivity index (χ3v) is 4.51. The van der Waals surface area contributed by atoms with Gasteiger partial charge in [-0.25, -0.2) is 0 Å². The maximum absolute atomic E-state index is 12.3. The zero-order chi connectivity index (χ0) is 17.5. The number of rotatable bonds is 8. The van der Waals surface area contributed by atoms with E-state index in [9.17, 15) is 13.9 Å². The normalized spacial score (nSPS) is 12.6. The van der Waals surface area contributed by atoms with Crippen LogP contribution < -0.4 is 4.74 Å². The molecule has 6 heteroatoms. The van der Waals surface area contributed by atoms with E-state index in [0.29, 0.717) is 23.2 Å². The van der Waals surface area contributed by atoms with Crippen molar-refractivity contribution in [2.75, 3.05) is 20.8 Å². The van der Waals surface area contributed by atoms with Crippen molar-refractivity contribution in [1.29, 1.82) is 0 Å². The molecule has 0 aliphatic rings. The number of alkyl halides is 2. The van der Waals surface area contributed by atoms with Crippen LogP contribution in [0.15, 0.2) is 53.4 Å². The van der Waals surface area contributed by atoms with Gasteiger partial charge in [0, 0.05) is 11.4 Å². The van der Waals surface area contributed by atoms with Crippen molar-refractivity contribution in [3.63, 3.8) is 0 Å². The summed E-state index contributed by atoms with van der Waals surface area (Å²) in [4.78, 5) is 2.57. The van der Waals surface area contributed by atoms with E-state index >= 15 is 0 Å². The second kappa shape index (κ2) is 9.01. The number of hydrogen-bond acceptors (Lipinski definition) is 4. The molecule has 1 N–H and O–H groups in total. The third-order valence-electron chi connectivity index (χ3n) is 3.79. The Morgan fingerprint density at radius 1 is 1.08 bits per heavy atom. The fraction of sp³-hybridized carbons (Fsp3) is 0.333. The smallest absolute Gasteiger partial charge is 0.288 e. The second-order valence-electron chi connectivity index (χ2n) is 5.41. The number of hydrogen-bond donors (Lipinski definition) is 1. The summed E-state index contributed by atoms with van der Waals surface area (Å²) in [5, 5.41) is 9.74. The predicted octanol–water partition coefficient (Wildman–Crippen LogP) is 4.18. The lowest BCUT2D eigenvalue weighted by atomic mass is 10.1. The summed E-state index contributed by atoms with van der Waals surface area (Å²) in [6.07, 6.45) is 0. The minimum atomic E-state index is -2.41. The first-order valence-electron chi connectivity index (χ1n) is 7.52. The molecule has 0 spiro atoms. The van der Waals surface area contributed by atoms with Gasteiger partial charge in [0.1, 0.15) is 5.75 Å². The van der Waals surface area contributed by atoms with Crippen LogP contribution >= 0.6 is 11.8 Å². The Morgan fingerprint density at radius 3 is 2.21 bits per heavy atom. The molecule has 2 aromatic rings. The topological polar surface area (TPSA) is 32.7 Å².